The van der Waals surface area contributed by atoms with Crippen LogP contribution in [0.15, 0.2) is 53.4 Å². The lowest BCUT2D eigenvalue weighted by molar-refractivity contribution is -0.127. The van der Waals surface area contributed by atoms with Crippen molar-refractivity contribution in [1.29, 1.82) is 0 Å². The number of rotatable bonds is 5. The molecule has 0 saturated carbocycles. The van der Waals surface area contributed by atoms with Crippen LogP contribution < -0.4 is 10.1 Å². The first-order valence-electron chi connectivity index (χ1n) is 8.01. The van der Waals surface area contributed by atoms with Gasteiger partial charge in [-0.15, -0.1) is 11.8 Å². The van der Waals surface area contributed by atoms with Crippen molar-refractivity contribution in [3.8, 4) is 5.75 Å². The van der Waals surface area contributed by atoms with E-state index in [4.69, 9.17) is 4.74 Å². The summed E-state index contributed by atoms with van der Waals surface area (Å²) >= 11 is 1.67. The van der Waals surface area contributed by atoms with Gasteiger partial charge in [0.2, 0.25) is 0 Å². The average Bonchev–Trinajstić information content (AvgIpc) is 2.60. The van der Waals surface area contributed by atoms with Crippen molar-refractivity contribution < 1.29 is 9.53 Å². The van der Waals surface area contributed by atoms with E-state index < -0.39 is 6.10 Å². The average molecular weight is 342 g/mol. The number of hydrogen-bond donors (Lipinski definition) is 1. The van der Waals surface area contributed by atoms with E-state index in [1.165, 1.54) is 5.56 Å². The number of carbonyl (C=O) groups is 1. The maximum absolute atomic E-state index is 12.5. The lowest BCUT2D eigenvalue weighted by atomic mass is 10.1. The quantitative estimate of drug-likeness (QED) is 0.907. The zero-order valence-corrected chi connectivity index (χ0v) is 14.8. The van der Waals surface area contributed by atoms with Gasteiger partial charge in [0, 0.05) is 23.7 Å². The van der Waals surface area contributed by atoms with Gasteiger partial charge in [0.1, 0.15) is 5.75 Å². The summed E-state index contributed by atoms with van der Waals surface area (Å²) in [4.78, 5) is 15.7. The third-order valence-corrected chi connectivity index (χ3v) is 4.98. The molecule has 24 heavy (non-hydrogen) atoms. The molecule has 1 heterocycles. The minimum atomic E-state index is -0.439. The Kier molecular flexibility index (Phi) is 5.43. The molecule has 126 valence electrons. The molecule has 0 aromatic heterocycles. The van der Waals surface area contributed by atoms with Crippen LogP contribution in [0.5, 0.6) is 5.75 Å². The molecule has 0 unspecified atom stereocenters. The van der Waals surface area contributed by atoms with Crippen molar-refractivity contribution in [2.24, 2.45) is 0 Å². The summed E-state index contributed by atoms with van der Waals surface area (Å²) in [5.74, 6) is 1.38. The van der Waals surface area contributed by atoms with Crippen molar-refractivity contribution in [2.75, 3.05) is 19.8 Å². The molecule has 0 bridgehead atoms. The van der Waals surface area contributed by atoms with Crippen LogP contribution in [0.25, 0.3) is 0 Å². The second-order valence-electron chi connectivity index (χ2n) is 6.09. The Morgan fingerprint density at radius 3 is 2.67 bits per heavy atom. The first kappa shape index (κ1) is 16.9. The lowest BCUT2D eigenvalue weighted by Crippen LogP contribution is -2.41. The number of nitrogens with zero attached hydrogens (tertiary/aromatic N) is 1. The third kappa shape index (κ3) is 4.10. The van der Waals surface area contributed by atoms with Gasteiger partial charge < -0.3 is 15.0 Å². The van der Waals surface area contributed by atoms with Crippen molar-refractivity contribution in [1.82, 2.24) is 10.2 Å². The number of fused-ring (bicyclic) bond motifs is 1. The number of para-hydroxylation sites is 1. The van der Waals surface area contributed by atoms with Crippen molar-refractivity contribution in [3.05, 3.63) is 59.7 Å². The molecule has 2 aromatic rings. The van der Waals surface area contributed by atoms with Gasteiger partial charge in [-0.25, -0.2) is 0 Å². The number of amides is 1. The van der Waals surface area contributed by atoms with Crippen LogP contribution >= 0.6 is 11.8 Å². The Hall–Kier alpha value is -1.98. The van der Waals surface area contributed by atoms with Gasteiger partial charge in [0.05, 0.1) is 0 Å². The topological polar surface area (TPSA) is 41.6 Å². The molecule has 1 N–H and O–H groups in total. The molecule has 1 aliphatic heterocycles. The van der Waals surface area contributed by atoms with Gasteiger partial charge in [-0.2, -0.15) is 0 Å². The van der Waals surface area contributed by atoms with Crippen molar-refractivity contribution in [2.45, 2.75) is 24.1 Å². The fraction of sp³-hybridized carbons (Fsp3) is 0.316. The molecule has 0 fully saturated rings. The third-order valence-electron chi connectivity index (χ3n) is 3.86. The minimum absolute atomic E-state index is 0.0586. The predicted molar refractivity (Wildman–Crippen MR) is 97.3 cm³/mol. The van der Waals surface area contributed by atoms with Gasteiger partial charge in [0.15, 0.2) is 6.10 Å². The molecule has 0 saturated heterocycles. The molecule has 0 aliphatic carbocycles. The number of thioether (sulfide) groups is 1. The monoisotopic (exact) mass is 342 g/mol. The number of nitrogens with one attached hydrogen (secondary N) is 1. The summed E-state index contributed by atoms with van der Waals surface area (Å²) in [6.45, 7) is 1.38. The predicted octanol–water partition coefficient (Wildman–Crippen LogP) is 2.92. The van der Waals surface area contributed by atoms with Gasteiger partial charge in [0.25, 0.3) is 5.91 Å². The van der Waals surface area contributed by atoms with E-state index in [1.807, 2.05) is 50.5 Å². The normalized spacial score (nSPS) is 16.4. The van der Waals surface area contributed by atoms with Crippen LogP contribution in [0, 0.1) is 0 Å². The molecule has 1 atom stereocenters. The Bertz CT molecular complexity index is 718. The standard InChI is InChI=1S/C19H22N2O2S/c1-21(2)12-15-8-4-3-7-14(15)11-20-19(22)17-13-24-18-10-6-5-9-16(18)23-17/h3-10,17H,11-13H2,1-2H3,(H,20,22)/t17-/m0/s1. The summed E-state index contributed by atoms with van der Waals surface area (Å²) < 4.78 is 5.84. The molecule has 1 amide bonds. The summed E-state index contributed by atoms with van der Waals surface area (Å²) in [6.07, 6.45) is -0.439. The van der Waals surface area contributed by atoms with Crippen molar-refractivity contribution >= 4 is 17.7 Å². The fourth-order valence-corrected chi connectivity index (χ4v) is 3.65. The zero-order valence-electron chi connectivity index (χ0n) is 14.0. The van der Waals surface area contributed by atoms with E-state index in [9.17, 15) is 4.79 Å². The highest BCUT2D eigenvalue weighted by Crippen LogP contribution is 2.34. The van der Waals surface area contributed by atoms with Gasteiger partial charge in [-0.3, -0.25) is 4.79 Å². The maximum Gasteiger partial charge on any atom is 0.262 e. The first-order chi connectivity index (χ1) is 11.6. The van der Waals surface area contributed by atoms with Crippen LogP contribution in [-0.4, -0.2) is 36.8 Å². The van der Waals surface area contributed by atoms with Crippen LogP contribution in [-0.2, 0) is 17.9 Å². The molecule has 1 aliphatic rings. The Balaban J connectivity index is 1.61. The van der Waals surface area contributed by atoms with E-state index >= 15 is 0 Å². The second kappa shape index (κ2) is 7.73. The van der Waals surface area contributed by atoms with Crippen LogP contribution in [0.3, 0.4) is 0 Å². The number of benzene rings is 2. The first-order valence-corrected chi connectivity index (χ1v) is 9.00. The van der Waals surface area contributed by atoms with Crippen molar-refractivity contribution in [3.63, 3.8) is 0 Å². The smallest absolute Gasteiger partial charge is 0.262 e. The lowest BCUT2D eigenvalue weighted by Gasteiger charge is -2.25. The number of ether oxygens (including phenoxy) is 1. The minimum Gasteiger partial charge on any atom is -0.479 e. The van der Waals surface area contributed by atoms with Crippen LogP contribution in [0.1, 0.15) is 11.1 Å². The summed E-state index contributed by atoms with van der Waals surface area (Å²) in [7, 11) is 4.08. The summed E-state index contributed by atoms with van der Waals surface area (Å²) in [5.41, 5.74) is 2.37. The molecule has 0 radical (unpaired) electrons. The second-order valence-corrected chi connectivity index (χ2v) is 7.15. The van der Waals surface area contributed by atoms with E-state index in [-0.39, 0.29) is 5.91 Å². The van der Waals surface area contributed by atoms with E-state index in [1.54, 1.807) is 11.8 Å². The maximum atomic E-state index is 12.5. The van der Waals surface area contributed by atoms with Crippen LogP contribution in [0.4, 0.5) is 0 Å². The van der Waals surface area contributed by atoms with E-state index in [0.717, 1.165) is 22.8 Å². The SMILES string of the molecule is CN(C)Cc1ccccc1CNC(=O)[C@@H]1CSc2ccccc2O1. The molecule has 2 aromatic carbocycles. The van der Waals surface area contributed by atoms with Gasteiger partial charge in [-0.05, 0) is 37.4 Å². The van der Waals surface area contributed by atoms with Gasteiger partial charge >= 0.3 is 0 Å². The molecule has 3 rings (SSSR count). The highest BCUT2D eigenvalue weighted by Gasteiger charge is 2.26. The Morgan fingerprint density at radius 1 is 1.17 bits per heavy atom. The summed E-state index contributed by atoms with van der Waals surface area (Å²) in [6, 6.07) is 16.0. The molecule has 0 spiro atoms. The number of hydrogen-bond acceptors (Lipinski definition) is 4. The molecule has 5 heteroatoms. The van der Waals surface area contributed by atoms with E-state index in [2.05, 4.69) is 22.3 Å². The Morgan fingerprint density at radius 2 is 1.88 bits per heavy atom. The fourth-order valence-electron chi connectivity index (χ4n) is 2.67. The van der Waals surface area contributed by atoms with Crippen LogP contribution in [0.2, 0.25) is 0 Å². The highest BCUT2D eigenvalue weighted by molar-refractivity contribution is 7.99. The molecular weight excluding hydrogens is 320 g/mol. The zero-order chi connectivity index (χ0) is 16.9. The van der Waals surface area contributed by atoms with Gasteiger partial charge in [-0.1, -0.05) is 36.4 Å². The largest absolute Gasteiger partial charge is 0.479 e. The summed E-state index contributed by atoms with van der Waals surface area (Å²) in [5, 5.41) is 3.02. The molecular formula is C19H22N2O2S. The van der Waals surface area contributed by atoms with E-state index in [0.29, 0.717) is 12.3 Å². The molecule has 4 nitrogen and oxygen atoms in total. The Labute approximate surface area is 147 Å². The number of carbonyl (C=O) groups excluding carboxylic acids is 1. The highest BCUT2D eigenvalue weighted by atomic mass is 32.2.